The zero-order valence-electron chi connectivity index (χ0n) is 8.53. The lowest BCUT2D eigenvalue weighted by Crippen LogP contribution is -2.19. The monoisotopic (exact) mass is 243 g/mol. The van der Waals surface area contributed by atoms with Crippen LogP contribution in [0.4, 0.5) is 13.2 Å². The molecule has 0 spiro atoms. The molecule has 1 N–H and O–H groups in total. The molecule has 0 saturated carbocycles. The minimum Gasteiger partial charge on any atom is -0.468 e. The van der Waals surface area contributed by atoms with E-state index in [1.807, 2.05) is 0 Å². The van der Waals surface area contributed by atoms with E-state index in [1.54, 1.807) is 18.2 Å². The van der Waals surface area contributed by atoms with Crippen molar-refractivity contribution in [3.8, 4) is 17.3 Å². The summed E-state index contributed by atoms with van der Waals surface area (Å²) in [6.45, 7) is -1.35. The maximum atomic E-state index is 11.9. The first kappa shape index (κ1) is 11.4. The minimum absolute atomic E-state index is 0.0746. The third-order valence-electron chi connectivity index (χ3n) is 1.88. The number of aromatic amines is 1. The second-order valence-electron chi connectivity index (χ2n) is 3.24. The van der Waals surface area contributed by atoms with Crippen molar-refractivity contribution in [1.29, 1.82) is 0 Å². The van der Waals surface area contributed by atoms with Crippen LogP contribution in [0, 0.1) is 0 Å². The number of H-pyrrole nitrogens is 1. The predicted molar refractivity (Wildman–Crippen MR) is 53.4 cm³/mol. The largest absolute Gasteiger partial charge is 0.468 e. The number of aromatic nitrogens is 3. The van der Waals surface area contributed by atoms with E-state index >= 15 is 0 Å². The van der Waals surface area contributed by atoms with Crippen molar-refractivity contribution in [3.63, 3.8) is 0 Å². The van der Waals surface area contributed by atoms with Crippen molar-refractivity contribution >= 4 is 0 Å². The van der Waals surface area contributed by atoms with E-state index in [0.29, 0.717) is 11.4 Å². The second kappa shape index (κ2) is 4.44. The summed E-state index contributed by atoms with van der Waals surface area (Å²) in [6, 6.07) is 6.24. The highest BCUT2D eigenvalue weighted by molar-refractivity contribution is 5.53. The lowest BCUT2D eigenvalue weighted by Gasteiger charge is -2.08. The first-order valence-electron chi connectivity index (χ1n) is 4.71. The summed E-state index contributed by atoms with van der Waals surface area (Å²) in [5.41, 5.74) is 1.09. The Bertz CT molecular complexity index is 482. The third kappa shape index (κ3) is 3.20. The molecule has 90 valence electrons. The van der Waals surface area contributed by atoms with E-state index in [-0.39, 0.29) is 5.88 Å². The summed E-state index contributed by atoms with van der Waals surface area (Å²) in [7, 11) is 0. The van der Waals surface area contributed by atoms with Gasteiger partial charge in [-0.3, -0.25) is 5.10 Å². The van der Waals surface area contributed by atoms with E-state index in [4.69, 9.17) is 0 Å². The Morgan fingerprint density at radius 2 is 2.06 bits per heavy atom. The lowest BCUT2D eigenvalue weighted by molar-refractivity contribution is -0.154. The van der Waals surface area contributed by atoms with Crippen LogP contribution in [0.15, 0.2) is 30.5 Å². The van der Waals surface area contributed by atoms with Crippen LogP contribution in [-0.4, -0.2) is 28.0 Å². The number of rotatable bonds is 3. The molecule has 0 bridgehead atoms. The Morgan fingerprint density at radius 3 is 2.71 bits per heavy atom. The molecule has 17 heavy (non-hydrogen) atoms. The third-order valence-corrected chi connectivity index (χ3v) is 1.88. The molecule has 0 amide bonds. The molecule has 0 radical (unpaired) electrons. The summed E-state index contributed by atoms with van der Waals surface area (Å²) < 4.78 is 40.4. The molecule has 0 fully saturated rings. The first-order chi connectivity index (χ1) is 8.04. The Balaban J connectivity index is 2.12. The van der Waals surface area contributed by atoms with Crippen molar-refractivity contribution in [1.82, 2.24) is 15.2 Å². The maximum absolute atomic E-state index is 11.9. The van der Waals surface area contributed by atoms with E-state index in [9.17, 15) is 13.2 Å². The standard InChI is InChI=1S/C10H8F3N3O/c11-10(12,13)6-17-9-3-1-2-7(15-9)8-4-5-14-16-8/h1-5H,6H2,(H,14,16). The van der Waals surface area contributed by atoms with Gasteiger partial charge in [-0.25, -0.2) is 4.98 Å². The molecular formula is C10H8F3N3O. The zero-order chi connectivity index (χ0) is 12.3. The van der Waals surface area contributed by atoms with Crippen LogP contribution in [0.2, 0.25) is 0 Å². The highest BCUT2D eigenvalue weighted by Crippen LogP contribution is 2.20. The number of hydrogen-bond acceptors (Lipinski definition) is 3. The minimum atomic E-state index is -4.37. The summed E-state index contributed by atoms with van der Waals surface area (Å²) >= 11 is 0. The number of alkyl halides is 3. The van der Waals surface area contributed by atoms with Crippen LogP contribution in [-0.2, 0) is 0 Å². The predicted octanol–water partition coefficient (Wildman–Crippen LogP) is 2.41. The Kier molecular flexibility index (Phi) is 2.99. The maximum Gasteiger partial charge on any atom is 0.422 e. The van der Waals surface area contributed by atoms with Crippen molar-refractivity contribution in [2.75, 3.05) is 6.61 Å². The fourth-order valence-electron chi connectivity index (χ4n) is 1.20. The first-order valence-corrected chi connectivity index (χ1v) is 4.71. The fraction of sp³-hybridized carbons (Fsp3) is 0.200. The van der Waals surface area contributed by atoms with Crippen LogP contribution in [0.1, 0.15) is 0 Å². The van der Waals surface area contributed by atoms with Gasteiger partial charge in [-0.15, -0.1) is 0 Å². The molecule has 7 heteroatoms. The topological polar surface area (TPSA) is 50.8 Å². The molecule has 0 aliphatic rings. The number of hydrogen-bond donors (Lipinski definition) is 1. The average Bonchev–Trinajstić information content (AvgIpc) is 2.79. The fourth-order valence-corrected chi connectivity index (χ4v) is 1.20. The molecule has 2 heterocycles. The Hall–Kier alpha value is -2.05. The normalized spacial score (nSPS) is 11.5. The highest BCUT2D eigenvalue weighted by atomic mass is 19.4. The van der Waals surface area contributed by atoms with Crippen molar-refractivity contribution < 1.29 is 17.9 Å². The number of halogens is 3. The molecule has 0 aliphatic heterocycles. The lowest BCUT2D eigenvalue weighted by atomic mass is 10.3. The molecule has 4 nitrogen and oxygen atoms in total. The SMILES string of the molecule is FC(F)(F)COc1cccc(-c2ccn[nH]2)n1. The van der Waals surface area contributed by atoms with Crippen LogP contribution >= 0.6 is 0 Å². The summed E-state index contributed by atoms with van der Waals surface area (Å²) in [4.78, 5) is 3.92. The van der Waals surface area contributed by atoms with Gasteiger partial charge >= 0.3 is 6.18 Å². The molecule has 0 saturated heterocycles. The molecular weight excluding hydrogens is 235 g/mol. The van der Waals surface area contributed by atoms with Crippen LogP contribution < -0.4 is 4.74 Å². The molecule has 0 unspecified atom stereocenters. The van der Waals surface area contributed by atoms with Gasteiger partial charge in [-0.05, 0) is 12.1 Å². The quantitative estimate of drug-likeness (QED) is 0.900. The molecule has 2 rings (SSSR count). The number of pyridine rings is 1. The zero-order valence-corrected chi connectivity index (χ0v) is 8.53. The van der Waals surface area contributed by atoms with Crippen molar-refractivity contribution in [2.45, 2.75) is 6.18 Å². The number of nitrogens with zero attached hydrogens (tertiary/aromatic N) is 2. The molecule has 2 aromatic rings. The number of ether oxygens (including phenoxy) is 1. The molecule has 0 aromatic carbocycles. The summed E-state index contributed by atoms with van der Waals surface area (Å²) in [5, 5.41) is 6.39. The van der Waals surface area contributed by atoms with Gasteiger partial charge in [0.15, 0.2) is 6.61 Å². The van der Waals surface area contributed by atoms with Gasteiger partial charge in [0.05, 0.1) is 11.4 Å². The summed E-state index contributed by atoms with van der Waals surface area (Å²) in [6.07, 6.45) is -2.84. The Labute approximate surface area is 94.4 Å². The molecule has 0 atom stereocenters. The van der Waals surface area contributed by atoms with Crippen molar-refractivity contribution in [3.05, 3.63) is 30.5 Å². The van der Waals surface area contributed by atoms with Crippen LogP contribution in [0.5, 0.6) is 5.88 Å². The smallest absolute Gasteiger partial charge is 0.422 e. The highest BCUT2D eigenvalue weighted by Gasteiger charge is 2.28. The van der Waals surface area contributed by atoms with Crippen LogP contribution in [0.3, 0.4) is 0 Å². The van der Waals surface area contributed by atoms with E-state index in [2.05, 4.69) is 19.9 Å². The second-order valence-corrected chi connectivity index (χ2v) is 3.24. The van der Waals surface area contributed by atoms with Gasteiger partial charge in [0.2, 0.25) is 5.88 Å². The summed E-state index contributed by atoms with van der Waals surface area (Å²) in [5.74, 6) is -0.0746. The molecule has 2 aromatic heterocycles. The van der Waals surface area contributed by atoms with E-state index < -0.39 is 12.8 Å². The van der Waals surface area contributed by atoms with Crippen LogP contribution in [0.25, 0.3) is 11.4 Å². The van der Waals surface area contributed by atoms with Gasteiger partial charge in [-0.1, -0.05) is 6.07 Å². The van der Waals surface area contributed by atoms with E-state index in [1.165, 1.54) is 12.3 Å². The van der Waals surface area contributed by atoms with E-state index in [0.717, 1.165) is 0 Å². The van der Waals surface area contributed by atoms with Crippen molar-refractivity contribution in [2.24, 2.45) is 0 Å². The average molecular weight is 243 g/mol. The Morgan fingerprint density at radius 1 is 1.24 bits per heavy atom. The van der Waals surface area contributed by atoms with Gasteiger partial charge in [-0.2, -0.15) is 18.3 Å². The van der Waals surface area contributed by atoms with Gasteiger partial charge in [0.25, 0.3) is 0 Å². The van der Waals surface area contributed by atoms with Gasteiger partial charge < -0.3 is 4.74 Å². The molecule has 0 aliphatic carbocycles. The number of nitrogens with one attached hydrogen (secondary N) is 1. The van der Waals surface area contributed by atoms with Gasteiger partial charge in [0, 0.05) is 12.3 Å². The van der Waals surface area contributed by atoms with Gasteiger partial charge in [0.1, 0.15) is 0 Å².